The van der Waals surface area contributed by atoms with Crippen LogP contribution < -0.4 is 5.73 Å². The van der Waals surface area contributed by atoms with Crippen molar-refractivity contribution < 1.29 is 13.9 Å². The molecular weight excluding hydrogens is 277 g/mol. The zero-order valence-electron chi connectivity index (χ0n) is 8.71. The summed E-state index contributed by atoms with van der Waals surface area (Å²) in [4.78, 5) is 0. The van der Waals surface area contributed by atoms with Gasteiger partial charge in [0, 0.05) is 10.0 Å². The summed E-state index contributed by atoms with van der Waals surface area (Å²) in [6.07, 6.45) is 0.848. The molecule has 0 aliphatic carbocycles. The Morgan fingerprint density at radius 1 is 1.38 bits per heavy atom. The minimum Gasteiger partial charge on any atom is -0.345 e. The van der Waals surface area contributed by atoms with E-state index in [2.05, 4.69) is 15.9 Å². The van der Waals surface area contributed by atoms with Gasteiger partial charge in [-0.2, -0.15) is 0 Å². The molecule has 3 nitrogen and oxygen atoms in total. The van der Waals surface area contributed by atoms with E-state index in [0.29, 0.717) is 17.7 Å². The van der Waals surface area contributed by atoms with Crippen LogP contribution in [0, 0.1) is 5.82 Å². The minimum atomic E-state index is -0.940. The van der Waals surface area contributed by atoms with E-state index in [9.17, 15) is 4.39 Å². The van der Waals surface area contributed by atoms with Gasteiger partial charge in [-0.15, -0.1) is 0 Å². The molecule has 0 unspecified atom stereocenters. The van der Waals surface area contributed by atoms with Gasteiger partial charge in [0.25, 0.3) is 0 Å². The molecule has 0 spiro atoms. The SMILES string of the molecule is NCC1(c2ccc(F)cc2Br)OCCCO1. The van der Waals surface area contributed by atoms with Gasteiger partial charge in [-0.25, -0.2) is 4.39 Å². The first-order valence-electron chi connectivity index (χ1n) is 5.11. The maximum Gasteiger partial charge on any atom is 0.208 e. The second kappa shape index (κ2) is 4.79. The van der Waals surface area contributed by atoms with Crippen LogP contribution in [0.2, 0.25) is 0 Å². The Hall–Kier alpha value is -0.490. The smallest absolute Gasteiger partial charge is 0.208 e. The Bertz CT molecular complexity index is 380. The lowest BCUT2D eigenvalue weighted by molar-refractivity contribution is -0.270. The molecule has 1 saturated heterocycles. The third-order valence-electron chi connectivity index (χ3n) is 2.57. The van der Waals surface area contributed by atoms with Gasteiger partial charge in [-0.3, -0.25) is 0 Å². The summed E-state index contributed by atoms with van der Waals surface area (Å²) < 4.78 is 24.9. The molecule has 1 fully saturated rings. The van der Waals surface area contributed by atoms with Crippen molar-refractivity contribution in [3.8, 4) is 0 Å². The van der Waals surface area contributed by atoms with Gasteiger partial charge < -0.3 is 15.2 Å². The van der Waals surface area contributed by atoms with E-state index in [-0.39, 0.29) is 12.4 Å². The number of hydrogen-bond donors (Lipinski definition) is 1. The molecule has 0 bridgehead atoms. The second-order valence-electron chi connectivity index (χ2n) is 3.63. The summed E-state index contributed by atoms with van der Waals surface area (Å²) in [6.45, 7) is 1.40. The molecule has 1 aromatic rings. The van der Waals surface area contributed by atoms with E-state index in [0.717, 1.165) is 12.0 Å². The van der Waals surface area contributed by atoms with Gasteiger partial charge in [0.1, 0.15) is 5.82 Å². The fraction of sp³-hybridized carbons (Fsp3) is 0.455. The maximum atomic E-state index is 13.0. The summed E-state index contributed by atoms with van der Waals surface area (Å²) in [5, 5.41) is 0. The molecule has 0 amide bonds. The normalized spacial score (nSPS) is 19.7. The average Bonchev–Trinajstić information content (AvgIpc) is 2.30. The summed E-state index contributed by atoms with van der Waals surface area (Å²) >= 11 is 3.30. The monoisotopic (exact) mass is 289 g/mol. The van der Waals surface area contributed by atoms with Crippen LogP contribution in [-0.4, -0.2) is 19.8 Å². The van der Waals surface area contributed by atoms with Crippen LogP contribution in [0.15, 0.2) is 22.7 Å². The molecule has 0 atom stereocenters. The summed E-state index contributed by atoms with van der Waals surface area (Å²) in [5.74, 6) is -1.25. The molecule has 0 radical (unpaired) electrons. The van der Waals surface area contributed by atoms with Crippen molar-refractivity contribution in [1.29, 1.82) is 0 Å². The van der Waals surface area contributed by atoms with E-state index >= 15 is 0 Å². The van der Waals surface area contributed by atoms with Crippen LogP contribution in [0.4, 0.5) is 4.39 Å². The molecule has 0 aromatic heterocycles. The summed E-state index contributed by atoms with van der Waals surface area (Å²) in [6, 6.07) is 4.39. The number of halogens is 2. The van der Waals surface area contributed by atoms with Crippen molar-refractivity contribution in [2.75, 3.05) is 19.8 Å². The Kier molecular flexibility index (Phi) is 3.59. The quantitative estimate of drug-likeness (QED) is 0.907. The van der Waals surface area contributed by atoms with E-state index < -0.39 is 5.79 Å². The standard InChI is InChI=1S/C11H13BrFNO2/c12-10-6-8(13)2-3-9(10)11(7-14)15-4-1-5-16-11/h2-3,6H,1,4-5,7,14H2. The van der Waals surface area contributed by atoms with E-state index in [1.54, 1.807) is 6.07 Å². The van der Waals surface area contributed by atoms with Crippen LogP contribution in [0.5, 0.6) is 0 Å². The van der Waals surface area contributed by atoms with Gasteiger partial charge in [-0.1, -0.05) is 15.9 Å². The van der Waals surface area contributed by atoms with Crippen molar-refractivity contribution in [3.63, 3.8) is 0 Å². The van der Waals surface area contributed by atoms with Gasteiger partial charge in [-0.05, 0) is 24.6 Å². The maximum absolute atomic E-state index is 13.0. The van der Waals surface area contributed by atoms with Gasteiger partial charge in [0.05, 0.1) is 19.8 Å². The summed E-state index contributed by atoms with van der Waals surface area (Å²) in [7, 11) is 0. The topological polar surface area (TPSA) is 44.5 Å². The number of benzene rings is 1. The van der Waals surface area contributed by atoms with Gasteiger partial charge >= 0.3 is 0 Å². The predicted octanol–water partition coefficient (Wildman–Crippen LogP) is 2.14. The highest BCUT2D eigenvalue weighted by Crippen LogP contribution is 2.34. The lowest BCUT2D eigenvalue weighted by atomic mass is 10.0. The van der Waals surface area contributed by atoms with Crippen LogP contribution in [0.1, 0.15) is 12.0 Å². The minimum absolute atomic E-state index is 0.206. The zero-order chi connectivity index (χ0) is 11.6. The first-order chi connectivity index (χ1) is 7.68. The Morgan fingerprint density at radius 2 is 2.06 bits per heavy atom. The first kappa shape index (κ1) is 12.0. The highest BCUT2D eigenvalue weighted by Gasteiger charge is 2.37. The number of hydrogen-bond acceptors (Lipinski definition) is 3. The molecule has 1 aliphatic heterocycles. The molecule has 2 rings (SSSR count). The molecule has 1 heterocycles. The Balaban J connectivity index is 2.39. The third kappa shape index (κ3) is 2.13. The van der Waals surface area contributed by atoms with Crippen molar-refractivity contribution in [2.24, 2.45) is 5.73 Å². The Labute approximate surface area is 102 Å². The molecular formula is C11H13BrFNO2. The molecule has 1 aliphatic rings. The number of nitrogens with two attached hydrogens (primary N) is 1. The van der Waals surface area contributed by atoms with E-state index in [4.69, 9.17) is 15.2 Å². The number of rotatable bonds is 2. The lowest BCUT2D eigenvalue weighted by Crippen LogP contribution is -2.44. The van der Waals surface area contributed by atoms with Crippen molar-refractivity contribution in [1.82, 2.24) is 0 Å². The average molecular weight is 290 g/mol. The second-order valence-corrected chi connectivity index (χ2v) is 4.49. The van der Waals surface area contributed by atoms with Crippen LogP contribution >= 0.6 is 15.9 Å². The van der Waals surface area contributed by atoms with Crippen LogP contribution in [-0.2, 0) is 15.3 Å². The fourth-order valence-corrected chi connectivity index (χ4v) is 2.41. The Morgan fingerprint density at radius 3 is 2.62 bits per heavy atom. The van der Waals surface area contributed by atoms with Crippen LogP contribution in [0.3, 0.4) is 0 Å². The summed E-state index contributed by atoms with van der Waals surface area (Å²) in [5.41, 5.74) is 6.45. The molecule has 0 saturated carbocycles. The third-order valence-corrected chi connectivity index (χ3v) is 3.23. The van der Waals surface area contributed by atoms with Crippen molar-refractivity contribution in [2.45, 2.75) is 12.2 Å². The molecule has 88 valence electrons. The first-order valence-corrected chi connectivity index (χ1v) is 5.91. The molecule has 5 heteroatoms. The van der Waals surface area contributed by atoms with Gasteiger partial charge in [0.2, 0.25) is 5.79 Å². The van der Waals surface area contributed by atoms with Gasteiger partial charge in [0.15, 0.2) is 0 Å². The van der Waals surface area contributed by atoms with Crippen molar-refractivity contribution >= 4 is 15.9 Å². The fourth-order valence-electron chi connectivity index (χ4n) is 1.76. The molecule has 16 heavy (non-hydrogen) atoms. The highest BCUT2D eigenvalue weighted by atomic mass is 79.9. The predicted molar refractivity (Wildman–Crippen MR) is 61.4 cm³/mol. The molecule has 2 N–H and O–H groups in total. The number of ether oxygens (including phenoxy) is 2. The largest absolute Gasteiger partial charge is 0.345 e. The highest BCUT2D eigenvalue weighted by molar-refractivity contribution is 9.10. The molecule has 1 aromatic carbocycles. The zero-order valence-corrected chi connectivity index (χ0v) is 10.3. The van der Waals surface area contributed by atoms with Crippen molar-refractivity contribution in [3.05, 3.63) is 34.1 Å². The van der Waals surface area contributed by atoms with E-state index in [1.807, 2.05) is 0 Å². The van der Waals surface area contributed by atoms with Crippen LogP contribution in [0.25, 0.3) is 0 Å². The van der Waals surface area contributed by atoms with E-state index in [1.165, 1.54) is 12.1 Å². The lowest BCUT2D eigenvalue weighted by Gasteiger charge is -2.37.